The second-order valence-corrected chi connectivity index (χ2v) is 10.1. The van der Waals surface area contributed by atoms with Crippen LogP contribution >= 0.6 is 0 Å². The van der Waals surface area contributed by atoms with Crippen molar-refractivity contribution in [2.75, 3.05) is 17.9 Å². The molecule has 0 aliphatic carbocycles. The normalized spacial score (nSPS) is 12.0. The summed E-state index contributed by atoms with van der Waals surface area (Å²) in [4.78, 5) is 27.0. The van der Waals surface area contributed by atoms with E-state index in [0.29, 0.717) is 0 Å². The number of amides is 2. The Balaban J connectivity index is 2.03. The van der Waals surface area contributed by atoms with Gasteiger partial charge in [-0.15, -0.1) is 0 Å². The number of nitrogens with one attached hydrogen (secondary N) is 1. The van der Waals surface area contributed by atoms with Crippen molar-refractivity contribution in [2.45, 2.75) is 31.3 Å². The van der Waals surface area contributed by atoms with Crippen LogP contribution < -0.4 is 9.62 Å². The van der Waals surface area contributed by atoms with Crippen LogP contribution in [0.3, 0.4) is 0 Å². The number of anilines is 1. The van der Waals surface area contributed by atoms with Crippen molar-refractivity contribution < 1.29 is 26.8 Å². The van der Waals surface area contributed by atoms with Gasteiger partial charge in [0.2, 0.25) is 11.8 Å². The molecule has 0 saturated heterocycles. The van der Waals surface area contributed by atoms with E-state index in [1.807, 2.05) is 0 Å². The lowest BCUT2D eigenvalue weighted by Crippen LogP contribution is -2.50. The van der Waals surface area contributed by atoms with Crippen LogP contribution in [0.15, 0.2) is 77.7 Å². The van der Waals surface area contributed by atoms with Gasteiger partial charge in [-0.05, 0) is 56.3 Å². The van der Waals surface area contributed by atoms with Gasteiger partial charge in [-0.1, -0.05) is 35.9 Å². The highest BCUT2D eigenvalue weighted by atomic mass is 32.2. The first kappa shape index (κ1) is 26.8. The lowest BCUT2D eigenvalue weighted by atomic mass is 10.1. The molecular formula is C26H27F2N3O4S. The molecule has 190 valence electrons. The molecule has 0 aliphatic heterocycles. The number of nitrogens with zero attached hydrogens (tertiary/aromatic N) is 2. The number of rotatable bonds is 9. The summed E-state index contributed by atoms with van der Waals surface area (Å²) in [5.41, 5.74) is 1.06. The summed E-state index contributed by atoms with van der Waals surface area (Å²) in [7, 11) is -2.86. The molecule has 0 spiro atoms. The molecule has 3 rings (SSSR count). The van der Waals surface area contributed by atoms with Crippen molar-refractivity contribution in [3.05, 3.63) is 95.6 Å². The fraction of sp³-hybridized carbons (Fsp3) is 0.231. The molecule has 0 unspecified atom stereocenters. The predicted octanol–water partition coefficient (Wildman–Crippen LogP) is 3.63. The van der Waals surface area contributed by atoms with Gasteiger partial charge in [0.05, 0.1) is 10.6 Å². The highest BCUT2D eigenvalue weighted by molar-refractivity contribution is 7.92. The number of hydrogen-bond donors (Lipinski definition) is 1. The summed E-state index contributed by atoms with van der Waals surface area (Å²) < 4.78 is 56.0. The molecule has 1 N–H and O–H groups in total. The van der Waals surface area contributed by atoms with Crippen molar-refractivity contribution in [2.24, 2.45) is 0 Å². The van der Waals surface area contributed by atoms with Gasteiger partial charge in [0, 0.05) is 19.2 Å². The first-order valence-corrected chi connectivity index (χ1v) is 12.6. The van der Waals surface area contributed by atoms with E-state index in [2.05, 4.69) is 5.32 Å². The maximum Gasteiger partial charge on any atom is 0.264 e. The molecular weight excluding hydrogens is 488 g/mol. The molecule has 0 bridgehead atoms. The Morgan fingerprint density at radius 3 is 2.14 bits per heavy atom. The minimum Gasteiger partial charge on any atom is -0.357 e. The molecule has 3 aromatic carbocycles. The molecule has 0 aromatic heterocycles. The monoisotopic (exact) mass is 515 g/mol. The van der Waals surface area contributed by atoms with E-state index in [9.17, 15) is 26.8 Å². The van der Waals surface area contributed by atoms with Gasteiger partial charge >= 0.3 is 0 Å². The third-order valence-corrected chi connectivity index (χ3v) is 7.50. The smallest absolute Gasteiger partial charge is 0.264 e. The van der Waals surface area contributed by atoms with E-state index in [-0.39, 0.29) is 22.7 Å². The van der Waals surface area contributed by atoms with Crippen molar-refractivity contribution >= 4 is 27.5 Å². The van der Waals surface area contributed by atoms with Crippen LogP contribution in [0.5, 0.6) is 0 Å². The van der Waals surface area contributed by atoms with Gasteiger partial charge in [-0.2, -0.15) is 0 Å². The number of aryl methyl sites for hydroxylation is 1. The topological polar surface area (TPSA) is 86.8 Å². The number of halogens is 2. The van der Waals surface area contributed by atoms with E-state index < -0.39 is 46.1 Å². The van der Waals surface area contributed by atoms with E-state index in [1.54, 1.807) is 25.1 Å². The van der Waals surface area contributed by atoms with Crippen molar-refractivity contribution in [1.82, 2.24) is 10.2 Å². The Labute approximate surface area is 209 Å². The molecule has 0 fully saturated rings. The Morgan fingerprint density at radius 1 is 0.944 bits per heavy atom. The lowest BCUT2D eigenvalue weighted by molar-refractivity contribution is -0.139. The highest BCUT2D eigenvalue weighted by Crippen LogP contribution is 2.25. The Kier molecular flexibility index (Phi) is 8.41. The van der Waals surface area contributed by atoms with Crippen LogP contribution in [0.4, 0.5) is 14.5 Å². The number of carbonyl (C=O) groups is 2. The Bertz CT molecular complexity index is 1330. The third kappa shape index (κ3) is 6.06. The molecule has 0 heterocycles. The summed E-state index contributed by atoms with van der Waals surface area (Å²) >= 11 is 0. The molecule has 36 heavy (non-hydrogen) atoms. The van der Waals surface area contributed by atoms with Gasteiger partial charge in [0.1, 0.15) is 24.2 Å². The number of carbonyl (C=O) groups excluding carboxylic acids is 2. The second kappa shape index (κ2) is 11.3. The van der Waals surface area contributed by atoms with Crippen molar-refractivity contribution in [1.29, 1.82) is 0 Å². The molecule has 7 nitrogen and oxygen atoms in total. The number of sulfonamides is 1. The molecule has 2 amide bonds. The molecule has 10 heteroatoms. The molecule has 0 saturated carbocycles. The zero-order valence-electron chi connectivity index (χ0n) is 20.1. The minimum absolute atomic E-state index is 0.0590. The standard InChI is InChI=1S/C26H27F2N3O4S/c1-18-8-14-23(15-9-18)36(34,35)31(22-12-10-21(27)11-13-22)17-25(32)30(19(2)26(33)29-3)16-20-6-4-5-7-24(20)28/h4-15,19H,16-17H2,1-3H3,(H,29,33)/t19-/m1/s1. The number of hydrogen-bond acceptors (Lipinski definition) is 4. The Morgan fingerprint density at radius 2 is 1.56 bits per heavy atom. The van der Waals surface area contributed by atoms with Crippen LogP contribution in [0.1, 0.15) is 18.1 Å². The summed E-state index contributed by atoms with van der Waals surface area (Å²) in [6, 6.07) is 15.5. The van der Waals surface area contributed by atoms with Gasteiger partial charge in [0.15, 0.2) is 0 Å². The third-order valence-electron chi connectivity index (χ3n) is 5.71. The first-order chi connectivity index (χ1) is 17.0. The summed E-state index contributed by atoms with van der Waals surface area (Å²) in [5.74, 6) is -2.39. The number of benzene rings is 3. The van der Waals surface area contributed by atoms with E-state index >= 15 is 0 Å². The average molecular weight is 516 g/mol. The van der Waals surface area contributed by atoms with Crippen LogP contribution in [0.25, 0.3) is 0 Å². The fourth-order valence-electron chi connectivity index (χ4n) is 3.58. The van der Waals surface area contributed by atoms with Crippen molar-refractivity contribution in [3.63, 3.8) is 0 Å². The lowest BCUT2D eigenvalue weighted by Gasteiger charge is -2.31. The van der Waals surface area contributed by atoms with Gasteiger partial charge in [0.25, 0.3) is 10.0 Å². The molecule has 0 aliphatic rings. The highest BCUT2D eigenvalue weighted by Gasteiger charge is 2.32. The van der Waals surface area contributed by atoms with Gasteiger partial charge < -0.3 is 10.2 Å². The maximum atomic E-state index is 14.4. The van der Waals surface area contributed by atoms with E-state index in [1.165, 1.54) is 56.4 Å². The van der Waals surface area contributed by atoms with Crippen LogP contribution in [0.2, 0.25) is 0 Å². The van der Waals surface area contributed by atoms with Crippen LogP contribution in [-0.4, -0.2) is 44.8 Å². The Hall–Kier alpha value is -3.79. The fourth-order valence-corrected chi connectivity index (χ4v) is 4.99. The van der Waals surface area contributed by atoms with Crippen LogP contribution in [0, 0.1) is 18.6 Å². The second-order valence-electron chi connectivity index (χ2n) is 8.20. The SMILES string of the molecule is CNC(=O)[C@@H](C)N(Cc1ccccc1F)C(=O)CN(c1ccc(F)cc1)S(=O)(=O)c1ccc(C)cc1. The molecule has 1 atom stereocenters. The average Bonchev–Trinajstić information content (AvgIpc) is 2.86. The quantitative estimate of drug-likeness (QED) is 0.472. The van der Waals surface area contributed by atoms with E-state index in [4.69, 9.17) is 0 Å². The van der Waals surface area contributed by atoms with Gasteiger partial charge in [-0.25, -0.2) is 17.2 Å². The zero-order chi connectivity index (χ0) is 26.5. The predicted molar refractivity (Wildman–Crippen MR) is 133 cm³/mol. The largest absolute Gasteiger partial charge is 0.357 e. The van der Waals surface area contributed by atoms with Crippen LogP contribution in [-0.2, 0) is 26.2 Å². The molecule has 0 radical (unpaired) electrons. The van der Waals surface area contributed by atoms with E-state index in [0.717, 1.165) is 26.9 Å². The summed E-state index contributed by atoms with van der Waals surface area (Å²) in [6.07, 6.45) is 0. The first-order valence-electron chi connectivity index (χ1n) is 11.1. The molecule has 3 aromatic rings. The maximum absolute atomic E-state index is 14.4. The minimum atomic E-state index is -4.26. The number of likely N-dealkylation sites (N-methyl/N-ethyl adjacent to an activating group) is 1. The van der Waals surface area contributed by atoms with Crippen molar-refractivity contribution in [3.8, 4) is 0 Å². The summed E-state index contributed by atoms with van der Waals surface area (Å²) in [5, 5.41) is 2.45. The zero-order valence-corrected chi connectivity index (χ0v) is 20.9. The summed E-state index contributed by atoms with van der Waals surface area (Å²) in [6.45, 7) is 2.31. The van der Waals surface area contributed by atoms with Gasteiger partial charge in [-0.3, -0.25) is 13.9 Å².